The Hall–Kier alpha value is -0.460. The lowest BCUT2D eigenvalue weighted by atomic mass is 10.1. The summed E-state index contributed by atoms with van der Waals surface area (Å²) in [4.78, 5) is 6.02. The first kappa shape index (κ1) is 12.0. The third-order valence-electron chi connectivity index (χ3n) is 2.72. The molecule has 2 heterocycles. The van der Waals surface area contributed by atoms with E-state index in [2.05, 4.69) is 27.6 Å². The van der Waals surface area contributed by atoms with Gasteiger partial charge < -0.3 is 4.90 Å². The molecule has 0 bridgehead atoms. The van der Waals surface area contributed by atoms with Crippen molar-refractivity contribution >= 4 is 28.4 Å². The zero-order valence-electron chi connectivity index (χ0n) is 9.01. The van der Waals surface area contributed by atoms with Gasteiger partial charge >= 0.3 is 0 Å². The molecule has 88 valence electrons. The number of piperidine rings is 1. The zero-order chi connectivity index (χ0) is 11.8. The average Bonchev–Trinajstić information content (AvgIpc) is 2.20. The first-order valence-electron chi connectivity index (χ1n) is 5.24. The predicted molar refractivity (Wildman–Crippen MR) is 68.1 cm³/mol. The van der Waals surface area contributed by atoms with E-state index in [0.717, 1.165) is 9.26 Å². The number of rotatable bonds is 1. The largest absolute Gasteiger partial charge is 0.351 e. The fourth-order valence-corrected chi connectivity index (χ4v) is 2.17. The van der Waals surface area contributed by atoms with Gasteiger partial charge in [0.2, 0.25) is 0 Å². The molecule has 0 amide bonds. The summed E-state index contributed by atoms with van der Waals surface area (Å²) in [6, 6.07) is 3.74. The zero-order valence-corrected chi connectivity index (χ0v) is 11.2. The Bertz CT molecular complexity index is 396. The van der Waals surface area contributed by atoms with Crippen LogP contribution in [0.2, 0.25) is 0 Å². The van der Waals surface area contributed by atoms with Crippen LogP contribution in [-0.4, -0.2) is 24.0 Å². The summed E-state index contributed by atoms with van der Waals surface area (Å²) < 4.78 is 27.6. The summed E-state index contributed by atoms with van der Waals surface area (Å²) in [7, 11) is 0. The van der Waals surface area contributed by atoms with Crippen molar-refractivity contribution < 1.29 is 8.78 Å². The molecule has 0 atom stereocenters. The maximum Gasteiger partial charge on any atom is 0.265 e. The average molecular weight is 338 g/mol. The van der Waals surface area contributed by atoms with Gasteiger partial charge in [-0.25, -0.2) is 13.8 Å². The Kier molecular flexibility index (Phi) is 3.32. The standard InChI is InChI=1S/C11H13F2IN2/c1-8-9(14)3-4-10(15-8)16-6-2-5-11(12,13)7-16/h3-4H,2,5-7H2,1H3. The predicted octanol–water partition coefficient (Wildman–Crippen LogP) is 3.23. The lowest BCUT2D eigenvalue weighted by Crippen LogP contribution is -2.43. The van der Waals surface area contributed by atoms with E-state index < -0.39 is 5.92 Å². The summed E-state index contributed by atoms with van der Waals surface area (Å²) in [6.07, 6.45) is 0.520. The van der Waals surface area contributed by atoms with Crippen molar-refractivity contribution in [3.8, 4) is 0 Å². The smallest absolute Gasteiger partial charge is 0.265 e. The number of nitrogens with zero attached hydrogens (tertiary/aromatic N) is 2. The number of halogens is 3. The molecule has 0 saturated carbocycles. The molecule has 0 aliphatic carbocycles. The van der Waals surface area contributed by atoms with E-state index >= 15 is 0 Å². The monoisotopic (exact) mass is 338 g/mol. The molecule has 0 aromatic carbocycles. The summed E-state index contributed by atoms with van der Waals surface area (Å²) in [6.45, 7) is 2.36. The Morgan fingerprint density at radius 2 is 2.19 bits per heavy atom. The number of aryl methyl sites for hydroxylation is 1. The van der Waals surface area contributed by atoms with Gasteiger partial charge in [-0.05, 0) is 48.1 Å². The highest BCUT2D eigenvalue weighted by molar-refractivity contribution is 14.1. The van der Waals surface area contributed by atoms with Crippen LogP contribution in [0.5, 0.6) is 0 Å². The highest BCUT2D eigenvalue weighted by Gasteiger charge is 2.35. The fourth-order valence-electron chi connectivity index (χ4n) is 1.87. The molecule has 1 aromatic rings. The van der Waals surface area contributed by atoms with Crippen LogP contribution in [0, 0.1) is 10.5 Å². The molecule has 1 aliphatic heterocycles. The van der Waals surface area contributed by atoms with Gasteiger partial charge in [0.05, 0.1) is 12.2 Å². The molecule has 1 fully saturated rings. The second kappa shape index (κ2) is 4.43. The minimum Gasteiger partial charge on any atom is -0.351 e. The molecule has 2 nitrogen and oxygen atoms in total. The van der Waals surface area contributed by atoms with Crippen LogP contribution in [-0.2, 0) is 0 Å². The van der Waals surface area contributed by atoms with E-state index in [-0.39, 0.29) is 13.0 Å². The Balaban J connectivity index is 2.20. The second-order valence-corrected chi connectivity index (χ2v) is 5.28. The van der Waals surface area contributed by atoms with Crippen molar-refractivity contribution in [3.05, 3.63) is 21.4 Å². The van der Waals surface area contributed by atoms with Gasteiger partial charge in [-0.15, -0.1) is 0 Å². The molecule has 2 rings (SSSR count). The summed E-state index contributed by atoms with van der Waals surface area (Å²) >= 11 is 2.19. The topological polar surface area (TPSA) is 16.1 Å². The maximum absolute atomic E-state index is 13.2. The third-order valence-corrected chi connectivity index (χ3v) is 3.86. The van der Waals surface area contributed by atoms with Crippen molar-refractivity contribution in [2.75, 3.05) is 18.0 Å². The van der Waals surface area contributed by atoms with Gasteiger partial charge in [-0.2, -0.15) is 0 Å². The molecule has 0 radical (unpaired) electrons. The summed E-state index contributed by atoms with van der Waals surface area (Å²) in [5.74, 6) is -1.91. The van der Waals surface area contributed by atoms with Gasteiger partial charge in [0.25, 0.3) is 5.92 Å². The minimum absolute atomic E-state index is 0.00709. The lowest BCUT2D eigenvalue weighted by Gasteiger charge is -2.33. The van der Waals surface area contributed by atoms with Gasteiger partial charge in [0.1, 0.15) is 5.82 Å². The normalized spacial score (nSPS) is 19.9. The van der Waals surface area contributed by atoms with Crippen LogP contribution < -0.4 is 4.90 Å². The second-order valence-electron chi connectivity index (χ2n) is 4.12. The molecule has 0 N–H and O–H groups in total. The van der Waals surface area contributed by atoms with Gasteiger partial charge in [0, 0.05) is 16.5 Å². The molecule has 5 heteroatoms. The highest BCUT2D eigenvalue weighted by Crippen LogP contribution is 2.29. The number of aromatic nitrogens is 1. The van der Waals surface area contributed by atoms with E-state index in [1.165, 1.54) is 0 Å². The quantitative estimate of drug-likeness (QED) is 0.731. The number of anilines is 1. The number of hydrogen-bond acceptors (Lipinski definition) is 2. The third kappa shape index (κ3) is 2.61. The van der Waals surface area contributed by atoms with Crippen LogP contribution in [0.4, 0.5) is 14.6 Å². The summed E-state index contributed by atoms with van der Waals surface area (Å²) in [5, 5.41) is 0. The van der Waals surface area contributed by atoms with Crippen LogP contribution in [0.1, 0.15) is 18.5 Å². The molecule has 1 aliphatic rings. The van der Waals surface area contributed by atoms with E-state index in [9.17, 15) is 8.78 Å². The molecule has 0 spiro atoms. The number of hydrogen-bond donors (Lipinski definition) is 0. The van der Waals surface area contributed by atoms with Crippen LogP contribution in [0.3, 0.4) is 0 Å². The van der Waals surface area contributed by atoms with Crippen LogP contribution in [0.15, 0.2) is 12.1 Å². The lowest BCUT2D eigenvalue weighted by molar-refractivity contribution is -0.0118. The van der Waals surface area contributed by atoms with Crippen molar-refractivity contribution in [1.29, 1.82) is 0 Å². The Morgan fingerprint density at radius 1 is 1.44 bits per heavy atom. The van der Waals surface area contributed by atoms with Crippen molar-refractivity contribution in [3.63, 3.8) is 0 Å². The van der Waals surface area contributed by atoms with Crippen molar-refractivity contribution in [2.24, 2.45) is 0 Å². The number of alkyl halides is 2. The minimum atomic E-state index is -2.57. The van der Waals surface area contributed by atoms with E-state index in [1.54, 1.807) is 4.90 Å². The van der Waals surface area contributed by atoms with Crippen LogP contribution in [0.25, 0.3) is 0 Å². The van der Waals surface area contributed by atoms with E-state index in [4.69, 9.17) is 0 Å². The molecule has 16 heavy (non-hydrogen) atoms. The first-order chi connectivity index (χ1) is 7.48. The highest BCUT2D eigenvalue weighted by atomic mass is 127. The van der Waals surface area contributed by atoms with E-state index in [1.807, 2.05) is 19.1 Å². The van der Waals surface area contributed by atoms with Crippen molar-refractivity contribution in [1.82, 2.24) is 4.98 Å². The molecule has 1 aromatic heterocycles. The molecule has 1 saturated heterocycles. The van der Waals surface area contributed by atoms with Gasteiger partial charge in [-0.1, -0.05) is 0 Å². The summed E-state index contributed by atoms with van der Waals surface area (Å²) in [5.41, 5.74) is 0.895. The van der Waals surface area contributed by atoms with E-state index in [0.29, 0.717) is 18.8 Å². The van der Waals surface area contributed by atoms with Crippen LogP contribution >= 0.6 is 22.6 Å². The maximum atomic E-state index is 13.2. The van der Waals surface area contributed by atoms with Gasteiger partial charge in [-0.3, -0.25) is 0 Å². The first-order valence-corrected chi connectivity index (χ1v) is 6.32. The number of pyridine rings is 1. The molecule has 0 unspecified atom stereocenters. The molecular weight excluding hydrogens is 325 g/mol. The van der Waals surface area contributed by atoms with Gasteiger partial charge in [0.15, 0.2) is 0 Å². The fraction of sp³-hybridized carbons (Fsp3) is 0.545. The van der Waals surface area contributed by atoms with Crippen molar-refractivity contribution in [2.45, 2.75) is 25.7 Å². The Labute approximate surface area is 107 Å². The Morgan fingerprint density at radius 3 is 2.81 bits per heavy atom. The molecular formula is C11H13F2IN2. The SMILES string of the molecule is Cc1nc(N2CCCC(F)(F)C2)ccc1I.